The van der Waals surface area contributed by atoms with Crippen LogP contribution in [0.25, 0.3) is 0 Å². The molecule has 126 valence electrons. The molecule has 0 spiro atoms. The second-order valence-electron chi connectivity index (χ2n) is 6.05. The second-order valence-corrected chi connectivity index (χ2v) is 6.05. The van der Waals surface area contributed by atoms with Gasteiger partial charge in [-0.2, -0.15) is 0 Å². The summed E-state index contributed by atoms with van der Waals surface area (Å²) in [5.74, 6) is -2.04. The zero-order valence-electron chi connectivity index (χ0n) is 13.5. The average Bonchev–Trinajstić information content (AvgIpc) is 3.37. The third-order valence-corrected chi connectivity index (χ3v) is 4.34. The molecule has 0 bridgehead atoms. The zero-order chi connectivity index (χ0) is 17.1. The highest BCUT2D eigenvalue weighted by molar-refractivity contribution is 5.95. The molecule has 2 N–H and O–H groups in total. The molecule has 2 unspecified atom stereocenters. The number of amides is 1. The molecular weight excluding hydrogens is 310 g/mol. The molecule has 0 radical (unpaired) electrons. The lowest BCUT2D eigenvalue weighted by molar-refractivity contribution is -0.117. The van der Waals surface area contributed by atoms with Gasteiger partial charge in [0.1, 0.15) is 0 Å². The minimum absolute atomic E-state index is 0.0407. The molecule has 24 heavy (non-hydrogen) atoms. The number of hydrogen-bond donors (Lipinski definition) is 2. The number of benzene rings is 2. The topological polar surface area (TPSA) is 41.1 Å². The summed E-state index contributed by atoms with van der Waals surface area (Å²) in [4.78, 5) is 12.4. The van der Waals surface area contributed by atoms with Gasteiger partial charge in [0.05, 0.1) is 0 Å². The van der Waals surface area contributed by atoms with E-state index in [4.69, 9.17) is 0 Å². The van der Waals surface area contributed by atoms with E-state index in [1.54, 1.807) is 6.07 Å². The first kappa shape index (κ1) is 16.6. The maximum atomic E-state index is 13.3. The molecule has 1 fully saturated rings. The lowest BCUT2D eigenvalue weighted by Gasteiger charge is -2.11. The molecule has 2 aromatic rings. The Morgan fingerprint density at radius 2 is 1.96 bits per heavy atom. The number of anilines is 1. The van der Waals surface area contributed by atoms with Crippen LogP contribution in [0.1, 0.15) is 30.4 Å². The smallest absolute Gasteiger partial charge is 0.228 e. The van der Waals surface area contributed by atoms with Crippen LogP contribution in [0.15, 0.2) is 42.5 Å². The van der Waals surface area contributed by atoms with Crippen molar-refractivity contribution in [2.75, 3.05) is 11.9 Å². The normalized spacial score (nSPS) is 19.1. The highest BCUT2D eigenvalue weighted by Crippen LogP contribution is 2.48. The molecule has 0 heterocycles. The summed E-state index contributed by atoms with van der Waals surface area (Å²) in [6.07, 6.45) is 0.659. The molecule has 2 aromatic carbocycles. The molecule has 5 heteroatoms. The first-order chi connectivity index (χ1) is 11.6. The van der Waals surface area contributed by atoms with E-state index in [-0.39, 0.29) is 17.7 Å². The quantitative estimate of drug-likeness (QED) is 0.845. The molecular formula is C19H20F2N2O. The predicted molar refractivity (Wildman–Crippen MR) is 89.7 cm³/mol. The maximum absolute atomic E-state index is 13.3. The minimum Gasteiger partial charge on any atom is -0.326 e. The Balaban J connectivity index is 1.66. The fraction of sp³-hybridized carbons (Fsp3) is 0.316. The van der Waals surface area contributed by atoms with Crippen LogP contribution in [0.5, 0.6) is 0 Å². The summed E-state index contributed by atoms with van der Waals surface area (Å²) in [6.45, 7) is 3.56. The lowest BCUT2D eigenvalue weighted by atomic mass is 10.1. The standard InChI is InChI=1S/C19H20F2N2O/c1-2-22-11-13-5-3-4-6-18(13)23-19(24)15-10-14(15)12-7-8-16(20)17(21)9-12/h3-9,14-15,22H,2,10-11H2,1H3,(H,23,24). The van der Waals surface area contributed by atoms with Crippen LogP contribution in [-0.4, -0.2) is 12.5 Å². The van der Waals surface area contributed by atoms with Gasteiger partial charge in [0.2, 0.25) is 5.91 Å². The van der Waals surface area contributed by atoms with E-state index in [0.717, 1.165) is 23.9 Å². The van der Waals surface area contributed by atoms with Crippen molar-refractivity contribution in [2.24, 2.45) is 5.92 Å². The molecule has 1 saturated carbocycles. The number of halogens is 2. The van der Waals surface area contributed by atoms with E-state index in [1.807, 2.05) is 31.2 Å². The van der Waals surface area contributed by atoms with Gasteiger partial charge in [0.15, 0.2) is 11.6 Å². The van der Waals surface area contributed by atoms with Crippen molar-refractivity contribution in [3.05, 3.63) is 65.2 Å². The van der Waals surface area contributed by atoms with Gasteiger partial charge in [-0.3, -0.25) is 4.79 Å². The molecule has 0 aromatic heterocycles. The van der Waals surface area contributed by atoms with Crippen molar-refractivity contribution in [2.45, 2.75) is 25.8 Å². The highest BCUT2D eigenvalue weighted by Gasteiger charge is 2.44. The van der Waals surface area contributed by atoms with Crippen molar-refractivity contribution < 1.29 is 13.6 Å². The van der Waals surface area contributed by atoms with E-state index in [2.05, 4.69) is 10.6 Å². The van der Waals surface area contributed by atoms with Crippen LogP contribution in [0.2, 0.25) is 0 Å². The van der Waals surface area contributed by atoms with Crippen molar-refractivity contribution in [3.63, 3.8) is 0 Å². The monoisotopic (exact) mass is 330 g/mol. The number of nitrogens with one attached hydrogen (secondary N) is 2. The second kappa shape index (κ2) is 7.09. The van der Waals surface area contributed by atoms with Gasteiger partial charge in [0.25, 0.3) is 0 Å². The summed E-state index contributed by atoms with van der Waals surface area (Å²) in [5, 5.41) is 6.20. The third kappa shape index (κ3) is 3.62. The van der Waals surface area contributed by atoms with Crippen LogP contribution >= 0.6 is 0 Å². The average molecular weight is 330 g/mol. The Hall–Kier alpha value is -2.27. The van der Waals surface area contributed by atoms with E-state index in [9.17, 15) is 13.6 Å². The molecule has 0 saturated heterocycles. The predicted octanol–water partition coefficient (Wildman–Crippen LogP) is 3.82. The van der Waals surface area contributed by atoms with Crippen LogP contribution < -0.4 is 10.6 Å². The summed E-state index contributed by atoms with van der Waals surface area (Å²) in [6, 6.07) is 11.5. The molecule has 0 aliphatic heterocycles. The number of hydrogen-bond acceptors (Lipinski definition) is 2. The van der Waals surface area contributed by atoms with Crippen molar-refractivity contribution in [3.8, 4) is 0 Å². The SMILES string of the molecule is CCNCc1ccccc1NC(=O)C1CC1c1ccc(F)c(F)c1. The highest BCUT2D eigenvalue weighted by atomic mass is 19.2. The van der Waals surface area contributed by atoms with E-state index in [1.165, 1.54) is 6.07 Å². The summed E-state index contributed by atoms with van der Waals surface area (Å²) < 4.78 is 26.3. The van der Waals surface area contributed by atoms with E-state index < -0.39 is 11.6 Å². The zero-order valence-corrected chi connectivity index (χ0v) is 13.5. The molecule has 3 nitrogen and oxygen atoms in total. The third-order valence-electron chi connectivity index (χ3n) is 4.34. The first-order valence-corrected chi connectivity index (χ1v) is 8.14. The molecule has 1 aliphatic carbocycles. The van der Waals surface area contributed by atoms with Gasteiger partial charge in [-0.25, -0.2) is 8.78 Å². The summed E-state index contributed by atoms with van der Waals surface area (Å²) in [7, 11) is 0. The Kier molecular flexibility index (Phi) is 4.90. The maximum Gasteiger partial charge on any atom is 0.228 e. The van der Waals surface area contributed by atoms with Crippen LogP contribution in [-0.2, 0) is 11.3 Å². The fourth-order valence-corrected chi connectivity index (χ4v) is 2.88. The van der Waals surface area contributed by atoms with Gasteiger partial charge in [-0.05, 0) is 48.2 Å². The van der Waals surface area contributed by atoms with E-state index in [0.29, 0.717) is 18.5 Å². The van der Waals surface area contributed by atoms with Crippen molar-refractivity contribution >= 4 is 11.6 Å². The largest absolute Gasteiger partial charge is 0.326 e. The number of carbonyl (C=O) groups is 1. The Labute approximate surface area is 140 Å². The number of carbonyl (C=O) groups excluding carboxylic acids is 1. The number of para-hydroxylation sites is 1. The van der Waals surface area contributed by atoms with Crippen molar-refractivity contribution in [1.82, 2.24) is 5.32 Å². The molecule has 1 amide bonds. The van der Waals surface area contributed by atoms with Crippen LogP contribution in [0.4, 0.5) is 14.5 Å². The van der Waals surface area contributed by atoms with Crippen molar-refractivity contribution in [1.29, 1.82) is 0 Å². The van der Waals surface area contributed by atoms with Gasteiger partial charge in [0, 0.05) is 18.2 Å². The van der Waals surface area contributed by atoms with Gasteiger partial charge >= 0.3 is 0 Å². The Bertz CT molecular complexity index is 748. The molecule has 3 rings (SSSR count). The molecule has 2 atom stereocenters. The lowest BCUT2D eigenvalue weighted by Crippen LogP contribution is -2.18. The van der Waals surface area contributed by atoms with Gasteiger partial charge in [-0.1, -0.05) is 31.2 Å². The Morgan fingerprint density at radius 3 is 2.71 bits per heavy atom. The summed E-state index contributed by atoms with van der Waals surface area (Å²) in [5.41, 5.74) is 2.49. The van der Waals surface area contributed by atoms with E-state index >= 15 is 0 Å². The van der Waals surface area contributed by atoms with Gasteiger partial charge < -0.3 is 10.6 Å². The first-order valence-electron chi connectivity index (χ1n) is 8.14. The number of rotatable bonds is 6. The minimum atomic E-state index is -0.866. The van der Waals surface area contributed by atoms with Crippen LogP contribution in [0, 0.1) is 17.6 Å². The van der Waals surface area contributed by atoms with Crippen LogP contribution in [0.3, 0.4) is 0 Å². The fourth-order valence-electron chi connectivity index (χ4n) is 2.88. The summed E-state index contributed by atoms with van der Waals surface area (Å²) >= 11 is 0. The molecule has 1 aliphatic rings. The van der Waals surface area contributed by atoms with Gasteiger partial charge in [-0.15, -0.1) is 0 Å². The Morgan fingerprint density at radius 1 is 1.17 bits per heavy atom.